The second-order valence-electron chi connectivity index (χ2n) is 11.6. The number of ether oxygens (including phenoxy) is 1. The number of carboxylic acid groups (broad SMARTS) is 1. The Labute approximate surface area is 233 Å². The van der Waals surface area contributed by atoms with Crippen LogP contribution in [0.1, 0.15) is 52.8 Å². The lowest BCUT2D eigenvalue weighted by Gasteiger charge is -2.57. The summed E-state index contributed by atoms with van der Waals surface area (Å²) in [4.78, 5) is 37.1. The van der Waals surface area contributed by atoms with Crippen molar-refractivity contribution in [2.45, 2.75) is 38.2 Å². The van der Waals surface area contributed by atoms with Crippen molar-refractivity contribution in [3.8, 4) is 16.9 Å². The Morgan fingerprint density at radius 1 is 0.725 bits per heavy atom. The molecule has 2 unspecified atom stereocenters. The molecule has 4 bridgehead atoms. The fourth-order valence-electron chi connectivity index (χ4n) is 7.27. The predicted molar refractivity (Wildman–Crippen MR) is 151 cm³/mol. The molecule has 0 saturated heterocycles. The van der Waals surface area contributed by atoms with Crippen LogP contribution in [0, 0.1) is 23.2 Å². The van der Waals surface area contributed by atoms with Gasteiger partial charge in [0.25, 0.3) is 11.8 Å². The first-order valence-corrected chi connectivity index (χ1v) is 14.1. The van der Waals surface area contributed by atoms with Crippen LogP contribution in [0.4, 0.5) is 0 Å². The number of rotatable bonds is 9. The van der Waals surface area contributed by atoms with Crippen molar-refractivity contribution in [3.63, 3.8) is 0 Å². The number of hydrogen-bond donors (Lipinski definition) is 3. The highest BCUT2D eigenvalue weighted by Crippen LogP contribution is 2.60. The summed E-state index contributed by atoms with van der Waals surface area (Å²) < 4.78 is 6.38. The smallest absolute Gasteiger partial charge is 0.309 e. The number of carboxylic acids is 1. The van der Waals surface area contributed by atoms with E-state index in [-0.39, 0.29) is 29.8 Å². The molecule has 3 N–H and O–H groups in total. The summed E-state index contributed by atoms with van der Waals surface area (Å²) in [5, 5.41) is 15.5. The molecule has 4 aliphatic rings. The van der Waals surface area contributed by atoms with E-state index in [2.05, 4.69) is 10.6 Å². The molecule has 4 fully saturated rings. The van der Waals surface area contributed by atoms with Gasteiger partial charge in [-0.1, -0.05) is 42.5 Å². The second kappa shape index (κ2) is 10.8. The van der Waals surface area contributed by atoms with Crippen LogP contribution < -0.4 is 15.4 Å². The van der Waals surface area contributed by atoms with Crippen LogP contribution in [0.3, 0.4) is 0 Å². The Balaban J connectivity index is 0.960. The molecule has 3 aromatic rings. The first-order chi connectivity index (χ1) is 19.4. The van der Waals surface area contributed by atoms with Crippen LogP contribution in [0.15, 0.2) is 78.9 Å². The summed E-state index contributed by atoms with van der Waals surface area (Å²) in [7, 11) is 0. The Bertz CT molecular complexity index is 1370. The van der Waals surface area contributed by atoms with E-state index in [1.54, 1.807) is 24.3 Å². The summed E-state index contributed by atoms with van der Waals surface area (Å²) in [5.74, 6) is 0.733. The third-order valence-corrected chi connectivity index (χ3v) is 8.98. The number of amides is 2. The minimum atomic E-state index is -0.641. The van der Waals surface area contributed by atoms with Crippen LogP contribution in [-0.4, -0.2) is 42.1 Å². The molecule has 4 aliphatic carbocycles. The SMILES string of the molecule is O=C(NCCNC(=O)c1ccc(-c2ccccc2)cc1)c1ccc(OC2C3CC4CC2CC(C(=O)O)(C4)C3)cc1. The highest BCUT2D eigenvalue weighted by atomic mass is 16.5. The molecular weight excluding hydrogens is 504 g/mol. The molecule has 0 radical (unpaired) electrons. The zero-order valence-corrected chi connectivity index (χ0v) is 22.3. The Morgan fingerprint density at radius 3 is 1.80 bits per heavy atom. The molecule has 4 saturated carbocycles. The second-order valence-corrected chi connectivity index (χ2v) is 11.6. The van der Waals surface area contributed by atoms with Gasteiger partial charge < -0.3 is 20.5 Å². The Morgan fingerprint density at radius 2 is 1.25 bits per heavy atom. The van der Waals surface area contributed by atoms with Crippen molar-refractivity contribution in [2.75, 3.05) is 13.1 Å². The molecule has 7 nitrogen and oxygen atoms in total. The fraction of sp³-hybridized carbons (Fsp3) is 0.364. The van der Waals surface area contributed by atoms with Crippen molar-refractivity contribution in [1.82, 2.24) is 10.6 Å². The van der Waals surface area contributed by atoms with Crippen molar-refractivity contribution in [2.24, 2.45) is 23.2 Å². The van der Waals surface area contributed by atoms with Gasteiger partial charge in [0.05, 0.1) is 5.41 Å². The van der Waals surface area contributed by atoms with Crippen LogP contribution in [0.2, 0.25) is 0 Å². The molecule has 3 aromatic carbocycles. The maximum absolute atomic E-state index is 12.6. The normalized spacial score (nSPS) is 26.2. The van der Waals surface area contributed by atoms with Crippen molar-refractivity contribution < 1.29 is 24.2 Å². The maximum Gasteiger partial charge on any atom is 0.309 e. The molecule has 0 aliphatic heterocycles. The number of carbonyl (C=O) groups is 3. The van der Waals surface area contributed by atoms with E-state index in [0.717, 1.165) is 30.4 Å². The lowest BCUT2D eigenvalue weighted by molar-refractivity contribution is -0.175. The van der Waals surface area contributed by atoms with Crippen LogP contribution >= 0.6 is 0 Å². The molecule has 2 amide bonds. The van der Waals surface area contributed by atoms with Gasteiger partial charge in [0.2, 0.25) is 0 Å². The number of benzene rings is 3. The molecule has 40 heavy (non-hydrogen) atoms. The molecule has 7 rings (SSSR count). The largest absolute Gasteiger partial charge is 0.490 e. The summed E-state index contributed by atoms with van der Waals surface area (Å²) in [5.41, 5.74) is 2.68. The quantitative estimate of drug-likeness (QED) is 0.326. The van der Waals surface area contributed by atoms with Gasteiger partial charge in [-0.3, -0.25) is 14.4 Å². The van der Waals surface area contributed by atoms with Gasteiger partial charge in [0, 0.05) is 24.2 Å². The van der Waals surface area contributed by atoms with Crippen LogP contribution in [-0.2, 0) is 4.79 Å². The number of aliphatic carboxylic acids is 1. The fourth-order valence-corrected chi connectivity index (χ4v) is 7.27. The third-order valence-electron chi connectivity index (χ3n) is 8.98. The predicted octanol–water partition coefficient (Wildman–Crippen LogP) is 5.17. The molecule has 7 heteroatoms. The Kier molecular flexibility index (Phi) is 7.05. The molecular formula is C33H34N2O5. The van der Waals surface area contributed by atoms with Crippen LogP contribution in [0.5, 0.6) is 5.75 Å². The minimum Gasteiger partial charge on any atom is -0.490 e. The standard InChI is InChI=1S/C33H34N2O5/c36-30(24-8-6-23(7-9-24)22-4-2-1-3-5-22)34-14-15-35-31(37)25-10-12-28(13-11-25)40-29-26-16-21-17-27(29)20-33(18-21,19-26)32(38)39/h1-13,21,26-27,29H,14-20H2,(H,34,36)(H,35,37)(H,38,39). The third kappa shape index (κ3) is 5.20. The van der Waals surface area contributed by atoms with Crippen LogP contribution in [0.25, 0.3) is 11.1 Å². The van der Waals surface area contributed by atoms with Crippen molar-refractivity contribution in [1.29, 1.82) is 0 Å². The average molecular weight is 539 g/mol. The average Bonchev–Trinajstić information content (AvgIpc) is 2.97. The van der Waals surface area contributed by atoms with Gasteiger partial charge in [0.15, 0.2) is 0 Å². The van der Waals surface area contributed by atoms with E-state index in [1.165, 1.54) is 0 Å². The molecule has 0 spiro atoms. The Hall–Kier alpha value is -4.13. The van der Waals surface area contributed by atoms with E-state index < -0.39 is 11.4 Å². The first-order valence-electron chi connectivity index (χ1n) is 14.1. The van der Waals surface area contributed by atoms with E-state index >= 15 is 0 Å². The van der Waals surface area contributed by atoms with Gasteiger partial charge in [-0.25, -0.2) is 0 Å². The number of nitrogens with one attached hydrogen (secondary N) is 2. The van der Waals surface area contributed by atoms with Crippen molar-refractivity contribution >= 4 is 17.8 Å². The topological polar surface area (TPSA) is 105 Å². The summed E-state index contributed by atoms with van der Waals surface area (Å²) in [6.45, 7) is 0.623. The highest BCUT2D eigenvalue weighted by molar-refractivity contribution is 5.95. The summed E-state index contributed by atoms with van der Waals surface area (Å²) in [6, 6.07) is 24.5. The highest BCUT2D eigenvalue weighted by Gasteiger charge is 2.59. The van der Waals surface area contributed by atoms with E-state index in [0.29, 0.717) is 48.7 Å². The lowest BCUT2D eigenvalue weighted by atomic mass is 9.48. The molecule has 2 atom stereocenters. The maximum atomic E-state index is 12.6. The summed E-state index contributed by atoms with van der Waals surface area (Å²) >= 11 is 0. The van der Waals surface area contributed by atoms with Gasteiger partial charge >= 0.3 is 5.97 Å². The molecule has 206 valence electrons. The van der Waals surface area contributed by atoms with E-state index in [9.17, 15) is 19.5 Å². The monoisotopic (exact) mass is 538 g/mol. The molecule has 0 aromatic heterocycles. The number of carbonyl (C=O) groups excluding carboxylic acids is 2. The van der Waals surface area contributed by atoms with Gasteiger partial charge in [-0.15, -0.1) is 0 Å². The van der Waals surface area contributed by atoms with E-state index in [4.69, 9.17) is 4.74 Å². The zero-order valence-electron chi connectivity index (χ0n) is 22.3. The van der Waals surface area contributed by atoms with Gasteiger partial charge in [-0.05, 0) is 97.4 Å². The van der Waals surface area contributed by atoms with Crippen molar-refractivity contribution in [3.05, 3.63) is 90.0 Å². The van der Waals surface area contributed by atoms with E-state index in [1.807, 2.05) is 54.6 Å². The summed E-state index contributed by atoms with van der Waals surface area (Å²) in [6.07, 6.45) is 4.36. The van der Waals surface area contributed by atoms with Gasteiger partial charge in [0.1, 0.15) is 11.9 Å². The molecule has 0 heterocycles. The minimum absolute atomic E-state index is 0.0434. The lowest BCUT2D eigenvalue weighted by Crippen LogP contribution is -2.57. The first kappa shape index (κ1) is 26.1. The van der Waals surface area contributed by atoms with Gasteiger partial charge in [-0.2, -0.15) is 0 Å². The number of hydrogen-bond acceptors (Lipinski definition) is 4. The zero-order chi connectivity index (χ0) is 27.7.